The van der Waals surface area contributed by atoms with Gasteiger partial charge in [-0.05, 0) is 37.6 Å². The quantitative estimate of drug-likeness (QED) is 0.841. The van der Waals surface area contributed by atoms with Gasteiger partial charge in [0.15, 0.2) is 11.6 Å². The van der Waals surface area contributed by atoms with E-state index in [1.807, 2.05) is 0 Å². The van der Waals surface area contributed by atoms with Crippen LogP contribution in [0.5, 0.6) is 5.75 Å². The second-order valence-corrected chi connectivity index (χ2v) is 3.27. The van der Waals surface area contributed by atoms with Crippen LogP contribution in [0.25, 0.3) is 0 Å². The topological polar surface area (TPSA) is 35.2 Å². The van der Waals surface area contributed by atoms with E-state index >= 15 is 0 Å². The number of hydrogen-bond donors (Lipinski definition) is 1. The Kier molecular flexibility index (Phi) is 4.17. The van der Waals surface area contributed by atoms with Crippen molar-refractivity contribution in [3.05, 3.63) is 28.5 Å². The standard InChI is InChI=1S/C10H13ClFNO/c1-2-14-10-8(11)5-7(3-4-13)6-9(10)12/h5-6H,2-4,13H2,1H3. The molecule has 0 spiro atoms. The van der Waals surface area contributed by atoms with Gasteiger partial charge in [-0.1, -0.05) is 11.6 Å². The summed E-state index contributed by atoms with van der Waals surface area (Å²) in [6.45, 7) is 2.65. The van der Waals surface area contributed by atoms with Gasteiger partial charge in [-0.3, -0.25) is 0 Å². The molecule has 1 aromatic rings. The van der Waals surface area contributed by atoms with E-state index in [9.17, 15) is 4.39 Å². The Bertz CT molecular complexity index is 294. The molecule has 0 fully saturated rings. The minimum absolute atomic E-state index is 0.120. The maximum Gasteiger partial charge on any atom is 0.173 e. The van der Waals surface area contributed by atoms with Gasteiger partial charge in [-0.25, -0.2) is 4.39 Å². The van der Waals surface area contributed by atoms with Crippen molar-refractivity contribution in [3.63, 3.8) is 0 Å². The minimum Gasteiger partial charge on any atom is -0.489 e. The van der Waals surface area contributed by atoms with E-state index in [4.69, 9.17) is 22.1 Å². The Morgan fingerprint density at radius 1 is 1.50 bits per heavy atom. The Balaban J connectivity index is 2.98. The number of hydrogen-bond acceptors (Lipinski definition) is 2. The molecule has 0 atom stereocenters. The average Bonchev–Trinajstić information content (AvgIpc) is 2.12. The predicted octanol–water partition coefficient (Wildman–Crippen LogP) is 2.38. The molecule has 0 aliphatic rings. The Hall–Kier alpha value is -0.800. The summed E-state index contributed by atoms with van der Waals surface area (Å²) in [6, 6.07) is 3.09. The lowest BCUT2D eigenvalue weighted by molar-refractivity contribution is 0.321. The highest BCUT2D eigenvalue weighted by atomic mass is 35.5. The first kappa shape index (κ1) is 11.3. The summed E-state index contributed by atoms with van der Waals surface area (Å²) in [5.41, 5.74) is 6.15. The number of halogens is 2. The Morgan fingerprint density at radius 2 is 2.21 bits per heavy atom. The molecule has 0 unspecified atom stereocenters. The van der Waals surface area contributed by atoms with Crippen LogP contribution in [0.3, 0.4) is 0 Å². The molecule has 1 rings (SSSR count). The lowest BCUT2D eigenvalue weighted by Gasteiger charge is -2.08. The highest BCUT2D eigenvalue weighted by Gasteiger charge is 2.09. The van der Waals surface area contributed by atoms with Gasteiger partial charge in [-0.15, -0.1) is 0 Å². The summed E-state index contributed by atoms with van der Waals surface area (Å²) in [5.74, 6) is -0.308. The molecule has 0 aliphatic carbocycles. The minimum atomic E-state index is -0.428. The van der Waals surface area contributed by atoms with Gasteiger partial charge in [-0.2, -0.15) is 0 Å². The summed E-state index contributed by atoms with van der Waals surface area (Å²) >= 11 is 5.84. The zero-order valence-corrected chi connectivity index (χ0v) is 8.77. The number of nitrogens with two attached hydrogens (primary N) is 1. The van der Waals surface area contributed by atoms with Gasteiger partial charge >= 0.3 is 0 Å². The van der Waals surface area contributed by atoms with Crippen molar-refractivity contribution in [1.82, 2.24) is 0 Å². The lowest BCUT2D eigenvalue weighted by atomic mass is 10.1. The summed E-state index contributed by atoms with van der Waals surface area (Å²) < 4.78 is 18.4. The average molecular weight is 218 g/mol. The zero-order valence-electron chi connectivity index (χ0n) is 8.02. The first-order valence-corrected chi connectivity index (χ1v) is 4.87. The van der Waals surface area contributed by atoms with Crippen LogP contribution in [0, 0.1) is 5.82 Å². The summed E-state index contributed by atoms with van der Waals surface area (Å²) in [5, 5.41) is 0.301. The van der Waals surface area contributed by atoms with Crippen LogP contribution in [0.1, 0.15) is 12.5 Å². The molecule has 2 nitrogen and oxygen atoms in total. The number of ether oxygens (including phenoxy) is 1. The molecular weight excluding hydrogens is 205 g/mol. The SMILES string of the molecule is CCOc1c(F)cc(CCN)cc1Cl. The third kappa shape index (κ3) is 2.59. The highest BCUT2D eigenvalue weighted by Crippen LogP contribution is 2.29. The van der Waals surface area contributed by atoms with Gasteiger partial charge in [0, 0.05) is 0 Å². The van der Waals surface area contributed by atoms with E-state index < -0.39 is 5.82 Å². The fraction of sp³-hybridized carbons (Fsp3) is 0.400. The summed E-state index contributed by atoms with van der Waals surface area (Å²) in [7, 11) is 0. The van der Waals surface area contributed by atoms with Crippen molar-refractivity contribution < 1.29 is 9.13 Å². The second-order valence-electron chi connectivity index (χ2n) is 2.86. The first-order chi connectivity index (χ1) is 6.69. The number of rotatable bonds is 4. The van der Waals surface area contributed by atoms with Crippen LogP contribution >= 0.6 is 11.6 Å². The predicted molar refractivity (Wildman–Crippen MR) is 55.3 cm³/mol. The molecule has 2 N–H and O–H groups in total. The molecule has 1 aromatic carbocycles. The van der Waals surface area contributed by atoms with E-state index in [0.29, 0.717) is 24.6 Å². The largest absolute Gasteiger partial charge is 0.489 e. The molecule has 14 heavy (non-hydrogen) atoms. The Morgan fingerprint density at radius 3 is 2.71 bits per heavy atom. The van der Waals surface area contributed by atoms with Gasteiger partial charge in [0.1, 0.15) is 0 Å². The maximum atomic E-state index is 13.4. The third-order valence-corrected chi connectivity index (χ3v) is 2.06. The highest BCUT2D eigenvalue weighted by molar-refractivity contribution is 6.32. The van der Waals surface area contributed by atoms with Crippen molar-refractivity contribution in [2.24, 2.45) is 5.73 Å². The fourth-order valence-electron chi connectivity index (χ4n) is 1.21. The van der Waals surface area contributed by atoms with Crippen molar-refractivity contribution in [3.8, 4) is 5.75 Å². The van der Waals surface area contributed by atoms with E-state index in [1.54, 1.807) is 13.0 Å². The summed E-state index contributed by atoms with van der Waals surface area (Å²) in [6.07, 6.45) is 0.614. The third-order valence-electron chi connectivity index (χ3n) is 1.78. The van der Waals surface area contributed by atoms with Crippen molar-refractivity contribution in [1.29, 1.82) is 0 Å². The van der Waals surface area contributed by atoms with Crippen molar-refractivity contribution in [2.75, 3.05) is 13.2 Å². The molecule has 0 saturated carbocycles. The zero-order chi connectivity index (χ0) is 10.6. The van der Waals surface area contributed by atoms with Crippen LogP contribution in [0.2, 0.25) is 5.02 Å². The van der Waals surface area contributed by atoms with Crippen LogP contribution in [-0.4, -0.2) is 13.2 Å². The molecule has 78 valence electrons. The van der Waals surface area contributed by atoms with Gasteiger partial charge < -0.3 is 10.5 Å². The second kappa shape index (κ2) is 5.17. The van der Waals surface area contributed by atoms with Gasteiger partial charge in [0.05, 0.1) is 11.6 Å². The van der Waals surface area contributed by atoms with Crippen molar-refractivity contribution in [2.45, 2.75) is 13.3 Å². The van der Waals surface area contributed by atoms with E-state index in [0.717, 1.165) is 5.56 Å². The molecule has 0 radical (unpaired) electrons. The molecule has 0 aliphatic heterocycles. The summed E-state index contributed by atoms with van der Waals surface area (Å²) in [4.78, 5) is 0. The van der Waals surface area contributed by atoms with Crippen LogP contribution in [-0.2, 0) is 6.42 Å². The smallest absolute Gasteiger partial charge is 0.173 e. The number of benzene rings is 1. The molecule has 0 amide bonds. The monoisotopic (exact) mass is 217 g/mol. The molecule has 0 saturated heterocycles. The fourth-order valence-corrected chi connectivity index (χ4v) is 1.49. The first-order valence-electron chi connectivity index (χ1n) is 4.49. The maximum absolute atomic E-state index is 13.4. The molecule has 0 heterocycles. The molecular formula is C10H13ClFNO. The van der Waals surface area contributed by atoms with E-state index in [2.05, 4.69) is 0 Å². The van der Waals surface area contributed by atoms with Gasteiger partial charge in [0.25, 0.3) is 0 Å². The van der Waals surface area contributed by atoms with Gasteiger partial charge in [0.2, 0.25) is 0 Å². The van der Waals surface area contributed by atoms with E-state index in [-0.39, 0.29) is 5.75 Å². The van der Waals surface area contributed by atoms with Crippen molar-refractivity contribution >= 4 is 11.6 Å². The van der Waals surface area contributed by atoms with Crippen LogP contribution < -0.4 is 10.5 Å². The molecule has 0 bridgehead atoms. The molecule has 0 aromatic heterocycles. The van der Waals surface area contributed by atoms with E-state index in [1.165, 1.54) is 6.07 Å². The van der Waals surface area contributed by atoms with Crippen LogP contribution in [0.4, 0.5) is 4.39 Å². The Labute approximate surface area is 87.8 Å². The molecule has 4 heteroatoms. The lowest BCUT2D eigenvalue weighted by Crippen LogP contribution is -2.04. The van der Waals surface area contributed by atoms with Crippen LogP contribution in [0.15, 0.2) is 12.1 Å². The normalized spacial score (nSPS) is 10.3.